The van der Waals surface area contributed by atoms with E-state index in [2.05, 4.69) is 18.5 Å². The largest absolute Gasteiger partial charge is 0.374 e. The topological polar surface area (TPSA) is 21.3 Å². The Morgan fingerprint density at radius 2 is 2.38 bits per heavy atom. The van der Waals surface area contributed by atoms with E-state index in [0.717, 1.165) is 19.7 Å². The molecule has 0 aromatic heterocycles. The maximum Gasteiger partial charge on any atom is 0.0778 e. The van der Waals surface area contributed by atoms with Crippen molar-refractivity contribution in [2.45, 2.75) is 31.8 Å². The molecule has 1 aliphatic heterocycles. The van der Waals surface area contributed by atoms with Crippen LogP contribution in [0.15, 0.2) is 0 Å². The third-order valence-corrected chi connectivity index (χ3v) is 3.20. The quantitative estimate of drug-likeness (QED) is 0.690. The van der Waals surface area contributed by atoms with Gasteiger partial charge in [0.15, 0.2) is 0 Å². The lowest BCUT2D eigenvalue weighted by Gasteiger charge is -2.34. The highest BCUT2D eigenvalue weighted by Crippen LogP contribution is 2.20. The van der Waals surface area contributed by atoms with Gasteiger partial charge < -0.3 is 10.1 Å². The number of hydrogen-bond donors (Lipinski definition) is 1. The highest BCUT2D eigenvalue weighted by Gasteiger charge is 2.26. The van der Waals surface area contributed by atoms with Crippen LogP contribution in [0.3, 0.4) is 0 Å². The zero-order valence-electron chi connectivity index (χ0n) is 8.77. The van der Waals surface area contributed by atoms with Gasteiger partial charge in [0.05, 0.1) is 5.60 Å². The first-order valence-electron chi connectivity index (χ1n) is 5.10. The van der Waals surface area contributed by atoms with Crippen LogP contribution in [-0.2, 0) is 4.74 Å². The fourth-order valence-electron chi connectivity index (χ4n) is 1.67. The Morgan fingerprint density at radius 1 is 1.54 bits per heavy atom. The van der Waals surface area contributed by atoms with Gasteiger partial charge in [-0.25, -0.2) is 0 Å². The van der Waals surface area contributed by atoms with Gasteiger partial charge in [-0.3, -0.25) is 0 Å². The molecule has 0 aromatic rings. The second-order valence-corrected chi connectivity index (χ2v) is 4.91. The zero-order valence-corrected chi connectivity index (χ0v) is 9.58. The van der Waals surface area contributed by atoms with Gasteiger partial charge >= 0.3 is 0 Å². The molecular formula is C10H21NOS. The molecular weight excluding hydrogens is 182 g/mol. The van der Waals surface area contributed by atoms with E-state index in [4.69, 9.17) is 4.74 Å². The van der Waals surface area contributed by atoms with Crippen molar-refractivity contribution in [1.82, 2.24) is 5.32 Å². The van der Waals surface area contributed by atoms with Crippen LogP contribution in [0.5, 0.6) is 0 Å². The second-order valence-electron chi connectivity index (χ2n) is 3.93. The van der Waals surface area contributed by atoms with Crippen molar-refractivity contribution >= 4 is 11.8 Å². The smallest absolute Gasteiger partial charge is 0.0778 e. The Labute approximate surface area is 85.8 Å². The highest BCUT2D eigenvalue weighted by atomic mass is 32.2. The third-order valence-electron chi connectivity index (χ3n) is 2.50. The number of thioether (sulfide) groups is 1. The van der Waals surface area contributed by atoms with Crippen LogP contribution in [0, 0.1) is 0 Å². The number of rotatable bonds is 5. The van der Waals surface area contributed by atoms with Crippen LogP contribution >= 0.6 is 11.8 Å². The van der Waals surface area contributed by atoms with E-state index in [1.165, 1.54) is 25.0 Å². The molecule has 1 saturated heterocycles. The van der Waals surface area contributed by atoms with Gasteiger partial charge in [0, 0.05) is 13.2 Å². The van der Waals surface area contributed by atoms with E-state index in [1.807, 2.05) is 11.8 Å². The molecule has 1 rings (SSSR count). The summed E-state index contributed by atoms with van der Waals surface area (Å²) >= 11 is 1.89. The normalized spacial score (nSPS) is 29.1. The molecule has 2 nitrogen and oxygen atoms in total. The molecule has 0 amide bonds. The lowest BCUT2D eigenvalue weighted by molar-refractivity contribution is -0.0458. The molecule has 0 spiro atoms. The Kier molecular flexibility index (Phi) is 5.14. The van der Waals surface area contributed by atoms with E-state index in [1.54, 1.807) is 0 Å². The van der Waals surface area contributed by atoms with Crippen molar-refractivity contribution in [3.63, 3.8) is 0 Å². The molecule has 1 unspecified atom stereocenters. The van der Waals surface area contributed by atoms with Crippen LogP contribution in [-0.4, -0.2) is 37.3 Å². The molecule has 0 saturated carbocycles. The fourth-order valence-corrected chi connectivity index (χ4v) is 2.08. The summed E-state index contributed by atoms with van der Waals surface area (Å²) in [5, 5.41) is 3.39. The average molecular weight is 203 g/mol. The minimum Gasteiger partial charge on any atom is -0.374 e. The average Bonchev–Trinajstić information content (AvgIpc) is 2.14. The summed E-state index contributed by atoms with van der Waals surface area (Å²) in [4.78, 5) is 0. The Bertz CT molecular complexity index is 135. The Balaban J connectivity index is 2.10. The van der Waals surface area contributed by atoms with Crippen LogP contribution in [0.4, 0.5) is 0 Å². The lowest BCUT2D eigenvalue weighted by atomic mass is 9.96. The Hall–Kier alpha value is 0.270. The van der Waals surface area contributed by atoms with Crippen LogP contribution in [0.1, 0.15) is 26.2 Å². The summed E-state index contributed by atoms with van der Waals surface area (Å²) in [6.07, 6.45) is 5.78. The van der Waals surface area contributed by atoms with Gasteiger partial charge in [-0.15, -0.1) is 0 Å². The molecule has 0 aromatic carbocycles. The predicted octanol–water partition coefficient (Wildman–Crippen LogP) is 1.90. The molecule has 1 heterocycles. The van der Waals surface area contributed by atoms with Gasteiger partial charge in [-0.05, 0) is 44.7 Å². The molecule has 3 heteroatoms. The summed E-state index contributed by atoms with van der Waals surface area (Å²) in [6, 6.07) is 0. The monoisotopic (exact) mass is 203 g/mol. The van der Waals surface area contributed by atoms with Crippen molar-refractivity contribution < 1.29 is 4.74 Å². The number of hydrogen-bond acceptors (Lipinski definition) is 3. The molecule has 0 radical (unpaired) electrons. The first kappa shape index (κ1) is 11.3. The van der Waals surface area contributed by atoms with Crippen molar-refractivity contribution in [2.24, 2.45) is 0 Å². The maximum atomic E-state index is 5.90. The standard InChI is InChI=1S/C10H21NOS/c1-10(5-3-6-11-9-10)12-7-4-8-13-2/h11H,3-9H2,1-2H3. The Morgan fingerprint density at radius 3 is 3.00 bits per heavy atom. The minimum absolute atomic E-state index is 0.108. The minimum atomic E-state index is 0.108. The predicted molar refractivity (Wildman–Crippen MR) is 59.5 cm³/mol. The lowest BCUT2D eigenvalue weighted by Crippen LogP contribution is -2.45. The molecule has 78 valence electrons. The number of piperidine rings is 1. The summed E-state index contributed by atoms with van der Waals surface area (Å²) < 4.78 is 5.90. The summed E-state index contributed by atoms with van der Waals surface area (Å²) in [5.74, 6) is 1.21. The van der Waals surface area contributed by atoms with Gasteiger partial charge in [-0.1, -0.05) is 0 Å². The van der Waals surface area contributed by atoms with Crippen molar-refractivity contribution in [3.8, 4) is 0 Å². The molecule has 1 fully saturated rings. The van der Waals surface area contributed by atoms with E-state index >= 15 is 0 Å². The van der Waals surface area contributed by atoms with Gasteiger partial charge in [-0.2, -0.15) is 11.8 Å². The summed E-state index contributed by atoms with van der Waals surface area (Å²) in [5.41, 5.74) is 0.108. The SMILES string of the molecule is CSCCCOC1(C)CCCNC1. The molecule has 0 bridgehead atoms. The van der Waals surface area contributed by atoms with Crippen molar-refractivity contribution in [2.75, 3.05) is 31.7 Å². The van der Waals surface area contributed by atoms with Gasteiger partial charge in [0.1, 0.15) is 0 Å². The number of ether oxygens (including phenoxy) is 1. The third kappa shape index (κ3) is 4.34. The van der Waals surface area contributed by atoms with Gasteiger partial charge in [0.2, 0.25) is 0 Å². The number of nitrogens with one attached hydrogen (secondary N) is 1. The van der Waals surface area contributed by atoms with Crippen LogP contribution < -0.4 is 5.32 Å². The van der Waals surface area contributed by atoms with Crippen molar-refractivity contribution in [3.05, 3.63) is 0 Å². The summed E-state index contributed by atoms with van der Waals surface area (Å²) in [6.45, 7) is 5.31. The maximum absolute atomic E-state index is 5.90. The summed E-state index contributed by atoms with van der Waals surface area (Å²) in [7, 11) is 0. The highest BCUT2D eigenvalue weighted by molar-refractivity contribution is 7.98. The fraction of sp³-hybridized carbons (Fsp3) is 1.00. The van der Waals surface area contributed by atoms with E-state index in [9.17, 15) is 0 Å². The van der Waals surface area contributed by atoms with Gasteiger partial charge in [0.25, 0.3) is 0 Å². The molecule has 1 N–H and O–H groups in total. The molecule has 13 heavy (non-hydrogen) atoms. The first-order chi connectivity index (χ1) is 6.27. The molecule has 0 aliphatic carbocycles. The first-order valence-corrected chi connectivity index (χ1v) is 6.50. The van der Waals surface area contributed by atoms with E-state index in [-0.39, 0.29) is 5.60 Å². The van der Waals surface area contributed by atoms with E-state index in [0.29, 0.717) is 0 Å². The molecule has 1 atom stereocenters. The second kappa shape index (κ2) is 5.89. The van der Waals surface area contributed by atoms with E-state index < -0.39 is 0 Å². The zero-order chi connectivity index (χ0) is 9.57. The van der Waals surface area contributed by atoms with Crippen molar-refractivity contribution in [1.29, 1.82) is 0 Å². The van der Waals surface area contributed by atoms with Crippen LogP contribution in [0.2, 0.25) is 0 Å². The molecule has 1 aliphatic rings. The van der Waals surface area contributed by atoms with Crippen LogP contribution in [0.25, 0.3) is 0 Å².